The molecule has 1 amide bonds. The molecule has 0 bridgehead atoms. The predicted molar refractivity (Wildman–Crippen MR) is 75.1 cm³/mol. The van der Waals surface area contributed by atoms with Crippen molar-refractivity contribution in [3.63, 3.8) is 0 Å². The summed E-state index contributed by atoms with van der Waals surface area (Å²) in [6.45, 7) is 0.328. The monoisotopic (exact) mass is 316 g/mol. The van der Waals surface area contributed by atoms with Crippen LogP contribution in [0.4, 0.5) is 0 Å². The van der Waals surface area contributed by atoms with E-state index in [4.69, 9.17) is 28.3 Å². The molecular formula is C13H14Cl2N2O3. The molecule has 0 aromatic carbocycles. The van der Waals surface area contributed by atoms with Crippen LogP contribution in [0, 0.1) is 11.8 Å². The van der Waals surface area contributed by atoms with E-state index in [0.717, 1.165) is 12.8 Å². The van der Waals surface area contributed by atoms with Crippen molar-refractivity contribution in [3.8, 4) is 0 Å². The highest BCUT2D eigenvalue weighted by molar-refractivity contribution is 6.34. The normalized spacial score (nSPS) is 21.7. The first-order valence-electron chi connectivity index (χ1n) is 6.32. The molecule has 0 aliphatic heterocycles. The third-order valence-corrected chi connectivity index (χ3v) is 4.06. The number of pyridine rings is 1. The minimum Gasteiger partial charge on any atom is -0.481 e. The Morgan fingerprint density at radius 1 is 1.35 bits per heavy atom. The van der Waals surface area contributed by atoms with E-state index in [1.807, 2.05) is 0 Å². The molecule has 1 saturated carbocycles. The van der Waals surface area contributed by atoms with E-state index in [-0.39, 0.29) is 33.6 Å². The maximum Gasteiger partial charge on any atom is 0.306 e. The molecule has 5 nitrogen and oxygen atoms in total. The second-order valence-corrected chi connectivity index (χ2v) is 5.56. The average Bonchev–Trinajstić information content (AvgIpc) is 2.84. The Labute approximate surface area is 126 Å². The van der Waals surface area contributed by atoms with Gasteiger partial charge in [0.15, 0.2) is 0 Å². The van der Waals surface area contributed by atoms with E-state index >= 15 is 0 Å². The Morgan fingerprint density at radius 3 is 2.75 bits per heavy atom. The van der Waals surface area contributed by atoms with Gasteiger partial charge in [0.25, 0.3) is 5.91 Å². The van der Waals surface area contributed by atoms with Gasteiger partial charge in [0.1, 0.15) is 10.3 Å². The number of hydrogen-bond acceptors (Lipinski definition) is 3. The molecule has 1 aliphatic carbocycles. The number of carbonyl (C=O) groups is 2. The van der Waals surface area contributed by atoms with Gasteiger partial charge < -0.3 is 10.4 Å². The molecule has 20 heavy (non-hydrogen) atoms. The minimum absolute atomic E-state index is 0.0320. The van der Waals surface area contributed by atoms with Crippen LogP contribution in [0.1, 0.15) is 29.6 Å². The summed E-state index contributed by atoms with van der Waals surface area (Å²) in [5.41, 5.74) is 0.237. The van der Waals surface area contributed by atoms with Crippen LogP contribution in [-0.2, 0) is 4.79 Å². The van der Waals surface area contributed by atoms with E-state index in [1.165, 1.54) is 12.1 Å². The maximum atomic E-state index is 12.0. The van der Waals surface area contributed by atoms with Crippen molar-refractivity contribution in [2.45, 2.75) is 19.3 Å². The summed E-state index contributed by atoms with van der Waals surface area (Å²) in [5.74, 6) is -1.58. The van der Waals surface area contributed by atoms with Crippen LogP contribution in [0.15, 0.2) is 12.1 Å². The molecule has 2 unspecified atom stereocenters. The highest BCUT2D eigenvalue weighted by Crippen LogP contribution is 2.31. The number of nitrogens with zero attached hydrogens (tertiary/aromatic N) is 1. The minimum atomic E-state index is -0.798. The fourth-order valence-corrected chi connectivity index (χ4v) is 2.94. The predicted octanol–water partition coefficient (Wildman–Crippen LogP) is 2.62. The van der Waals surface area contributed by atoms with E-state index in [2.05, 4.69) is 10.3 Å². The Balaban J connectivity index is 1.97. The molecule has 0 radical (unpaired) electrons. The molecule has 2 atom stereocenters. The third-order valence-electron chi connectivity index (χ3n) is 3.56. The quantitative estimate of drug-likeness (QED) is 0.837. The summed E-state index contributed by atoms with van der Waals surface area (Å²) >= 11 is 11.5. The molecule has 0 spiro atoms. The molecule has 108 valence electrons. The van der Waals surface area contributed by atoms with Crippen molar-refractivity contribution in [3.05, 3.63) is 28.0 Å². The molecule has 0 saturated heterocycles. The highest BCUT2D eigenvalue weighted by atomic mass is 35.5. The fraction of sp³-hybridized carbons (Fsp3) is 0.462. The molecule has 7 heteroatoms. The van der Waals surface area contributed by atoms with Crippen LogP contribution in [0.2, 0.25) is 10.3 Å². The van der Waals surface area contributed by atoms with Crippen LogP contribution in [0.3, 0.4) is 0 Å². The smallest absolute Gasteiger partial charge is 0.306 e. The zero-order valence-electron chi connectivity index (χ0n) is 10.6. The lowest BCUT2D eigenvalue weighted by Crippen LogP contribution is -2.33. The van der Waals surface area contributed by atoms with Gasteiger partial charge in [-0.2, -0.15) is 0 Å². The van der Waals surface area contributed by atoms with Crippen molar-refractivity contribution < 1.29 is 14.7 Å². The summed E-state index contributed by atoms with van der Waals surface area (Å²) in [7, 11) is 0. The Hall–Kier alpha value is -1.33. The first kappa shape index (κ1) is 15.1. The lowest BCUT2D eigenvalue weighted by atomic mass is 9.96. The summed E-state index contributed by atoms with van der Waals surface area (Å²) in [6.07, 6.45) is 2.35. The van der Waals surface area contributed by atoms with Crippen molar-refractivity contribution >= 4 is 35.1 Å². The van der Waals surface area contributed by atoms with Crippen molar-refractivity contribution in [1.29, 1.82) is 0 Å². The number of carboxylic acid groups (broad SMARTS) is 1. The summed E-state index contributed by atoms with van der Waals surface area (Å²) in [6, 6.07) is 2.98. The van der Waals surface area contributed by atoms with Gasteiger partial charge in [0.05, 0.1) is 11.5 Å². The molecule has 1 aromatic heterocycles. The van der Waals surface area contributed by atoms with Gasteiger partial charge >= 0.3 is 5.97 Å². The van der Waals surface area contributed by atoms with Crippen LogP contribution in [-0.4, -0.2) is 28.5 Å². The highest BCUT2D eigenvalue weighted by Gasteiger charge is 2.33. The summed E-state index contributed by atoms with van der Waals surface area (Å²) in [5, 5.41) is 12.1. The van der Waals surface area contributed by atoms with Crippen molar-refractivity contribution in [2.24, 2.45) is 11.8 Å². The number of nitrogens with one attached hydrogen (secondary N) is 1. The lowest BCUT2D eigenvalue weighted by Gasteiger charge is -2.16. The number of amides is 1. The number of hydrogen-bond donors (Lipinski definition) is 2. The standard InChI is InChI=1S/C13H14Cl2N2O3/c14-10-5-4-9(11(15)17-10)12(18)16-6-7-2-1-3-8(7)13(19)20/h4-5,7-8H,1-3,6H2,(H,16,18)(H,19,20). The van der Waals surface area contributed by atoms with Crippen LogP contribution >= 0.6 is 23.2 Å². The van der Waals surface area contributed by atoms with Gasteiger partial charge in [-0.15, -0.1) is 0 Å². The molecule has 2 N–H and O–H groups in total. The number of rotatable bonds is 4. The Kier molecular flexibility index (Phi) is 4.83. The number of carboxylic acids is 1. The van der Waals surface area contributed by atoms with E-state index < -0.39 is 5.97 Å². The number of halogens is 2. The van der Waals surface area contributed by atoms with Crippen molar-refractivity contribution in [2.75, 3.05) is 6.54 Å². The SMILES string of the molecule is O=C(NCC1CCCC1C(=O)O)c1ccc(Cl)nc1Cl. The number of aliphatic carboxylic acids is 1. The molecule has 2 rings (SSSR count). The van der Waals surface area contributed by atoms with E-state index in [1.54, 1.807) is 0 Å². The first-order valence-corrected chi connectivity index (χ1v) is 7.07. The lowest BCUT2D eigenvalue weighted by molar-refractivity contribution is -0.142. The fourth-order valence-electron chi connectivity index (χ4n) is 2.51. The van der Waals surface area contributed by atoms with Crippen molar-refractivity contribution in [1.82, 2.24) is 10.3 Å². The third kappa shape index (κ3) is 3.41. The Morgan fingerprint density at radius 2 is 2.10 bits per heavy atom. The Bertz CT molecular complexity index is 536. The van der Waals surface area contributed by atoms with Gasteiger partial charge in [-0.05, 0) is 30.9 Å². The first-order chi connectivity index (χ1) is 9.49. The van der Waals surface area contributed by atoms with Crippen LogP contribution in [0.25, 0.3) is 0 Å². The van der Waals surface area contributed by atoms with E-state index in [0.29, 0.717) is 13.0 Å². The second kappa shape index (κ2) is 6.41. The molecule has 1 aromatic rings. The summed E-state index contributed by atoms with van der Waals surface area (Å²) in [4.78, 5) is 26.8. The zero-order chi connectivity index (χ0) is 14.7. The summed E-state index contributed by atoms with van der Waals surface area (Å²) < 4.78 is 0. The molecule has 1 aliphatic rings. The van der Waals surface area contributed by atoms with Gasteiger partial charge in [-0.1, -0.05) is 29.6 Å². The average molecular weight is 317 g/mol. The van der Waals surface area contributed by atoms with Gasteiger partial charge in [-0.25, -0.2) is 4.98 Å². The number of carbonyl (C=O) groups excluding carboxylic acids is 1. The van der Waals surface area contributed by atoms with E-state index in [9.17, 15) is 9.59 Å². The van der Waals surface area contributed by atoms with Crippen LogP contribution < -0.4 is 5.32 Å². The zero-order valence-corrected chi connectivity index (χ0v) is 12.1. The second-order valence-electron chi connectivity index (χ2n) is 4.82. The molecular weight excluding hydrogens is 303 g/mol. The maximum absolute atomic E-state index is 12.0. The van der Waals surface area contributed by atoms with Gasteiger partial charge in [-0.3, -0.25) is 9.59 Å². The van der Waals surface area contributed by atoms with Gasteiger partial charge in [0.2, 0.25) is 0 Å². The number of aromatic nitrogens is 1. The van der Waals surface area contributed by atoms with Gasteiger partial charge in [0, 0.05) is 6.54 Å². The topological polar surface area (TPSA) is 79.3 Å². The molecule has 1 fully saturated rings. The van der Waals surface area contributed by atoms with Crippen LogP contribution in [0.5, 0.6) is 0 Å². The largest absolute Gasteiger partial charge is 0.481 e. The molecule has 1 heterocycles.